The van der Waals surface area contributed by atoms with Crippen LogP contribution in [0.5, 0.6) is 0 Å². The molecular weight excluding hydrogens is 216 g/mol. The van der Waals surface area contributed by atoms with Gasteiger partial charge in [0.25, 0.3) is 0 Å². The fourth-order valence-electron chi connectivity index (χ4n) is 0.426. The Hall–Kier alpha value is -1.12. The first kappa shape index (κ1) is 12.9. The van der Waals surface area contributed by atoms with Crippen LogP contribution in [-0.2, 0) is 24.1 Å². The Kier molecular flexibility index (Phi) is 5.84. The molecule has 0 aromatic rings. The first-order chi connectivity index (χ1) is 6.45. The van der Waals surface area contributed by atoms with Crippen LogP contribution in [0.25, 0.3) is 0 Å². The normalized spacial score (nSPS) is 14.8. The van der Waals surface area contributed by atoms with Gasteiger partial charge in [0.05, 0.1) is 6.61 Å². The smallest absolute Gasteiger partial charge is 0.431 e. The summed E-state index contributed by atoms with van der Waals surface area (Å²) in [5.74, 6) is 0. The van der Waals surface area contributed by atoms with Crippen LogP contribution < -0.4 is 0 Å². The zero-order valence-corrected chi connectivity index (χ0v) is 8.03. The van der Waals surface area contributed by atoms with Crippen molar-refractivity contribution in [3.05, 3.63) is 12.7 Å². The van der Waals surface area contributed by atoms with E-state index in [1.807, 2.05) is 0 Å². The summed E-state index contributed by atoms with van der Waals surface area (Å²) >= 11 is 0. The summed E-state index contributed by atoms with van der Waals surface area (Å²) in [5.41, 5.74) is 0. The van der Waals surface area contributed by atoms with Crippen LogP contribution in [0, 0.1) is 0 Å². The summed E-state index contributed by atoms with van der Waals surface area (Å²) in [6.07, 6.45) is 0.670. The van der Waals surface area contributed by atoms with E-state index in [-0.39, 0.29) is 6.61 Å². The Balaban J connectivity index is 0.000000249. The first-order valence-electron chi connectivity index (χ1n) is 3.48. The molecule has 0 aromatic heterocycles. The van der Waals surface area contributed by atoms with Crippen molar-refractivity contribution in [2.45, 2.75) is 0 Å². The second-order valence-corrected chi connectivity index (χ2v) is 3.04. The van der Waals surface area contributed by atoms with Gasteiger partial charge in [-0.25, -0.2) is 8.98 Å². The third-order valence-electron chi connectivity index (χ3n) is 0.858. The molecular formula is C6H10O7S. The minimum Gasteiger partial charge on any atom is -0.431 e. The lowest BCUT2D eigenvalue weighted by Gasteiger charge is -1.90. The van der Waals surface area contributed by atoms with Gasteiger partial charge >= 0.3 is 16.6 Å². The van der Waals surface area contributed by atoms with Crippen LogP contribution >= 0.6 is 0 Å². The fourth-order valence-corrected chi connectivity index (χ4v) is 0.694. The monoisotopic (exact) mass is 226 g/mol. The topological polar surface area (TPSA) is 99.1 Å². The van der Waals surface area contributed by atoms with Crippen molar-refractivity contribution in [3.8, 4) is 0 Å². The van der Waals surface area contributed by atoms with Crippen LogP contribution in [0.15, 0.2) is 12.7 Å². The quantitative estimate of drug-likeness (QED) is 0.415. The van der Waals surface area contributed by atoms with Crippen LogP contribution in [-0.4, -0.2) is 38.9 Å². The molecule has 1 aliphatic rings. The van der Waals surface area contributed by atoms with Gasteiger partial charge in [-0.05, 0) is 0 Å². The highest BCUT2D eigenvalue weighted by Gasteiger charge is 2.09. The summed E-state index contributed by atoms with van der Waals surface area (Å²) in [6.45, 7) is 3.80. The zero-order valence-electron chi connectivity index (χ0n) is 7.21. The number of cyclic esters (lactones) is 2. The zero-order chi connectivity index (χ0) is 11.0. The van der Waals surface area contributed by atoms with Crippen molar-refractivity contribution in [2.24, 2.45) is 0 Å². The van der Waals surface area contributed by atoms with Crippen molar-refractivity contribution in [3.63, 3.8) is 0 Å². The van der Waals surface area contributed by atoms with Gasteiger partial charge in [0.2, 0.25) is 0 Å². The molecule has 1 saturated heterocycles. The third-order valence-corrected chi connectivity index (χ3v) is 1.29. The molecule has 7 nitrogen and oxygen atoms in total. The lowest BCUT2D eigenvalue weighted by Crippen LogP contribution is -2.02. The van der Waals surface area contributed by atoms with Gasteiger partial charge < -0.3 is 9.47 Å². The third kappa shape index (κ3) is 8.97. The van der Waals surface area contributed by atoms with E-state index < -0.39 is 16.6 Å². The molecule has 1 aliphatic heterocycles. The fraction of sp³-hybridized carbons (Fsp3) is 0.500. The van der Waals surface area contributed by atoms with Crippen molar-refractivity contribution in [2.75, 3.05) is 19.8 Å². The molecule has 1 N–H and O–H groups in total. The van der Waals surface area contributed by atoms with E-state index >= 15 is 0 Å². The van der Waals surface area contributed by atoms with Crippen LogP contribution in [0.2, 0.25) is 0 Å². The standard InChI is InChI=1S/C3H6O4S.C3H4O3/c1-2-3-7-8(4,5)6;4-3-5-1-2-6-3/h2H,1,3H2,(H,4,5,6);1-2H2. The molecule has 0 unspecified atom stereocenters. The van der Waals surface area contributed by atoms with Gasteiger partial charge in [0, 0.05) is 0 Å². The Labute approximate surface area is 81.2 Å². The Morgan fingerprint density at radius 3 is 2.14 bits per heavy atom. The summed E-state index contributed by atoms with van der Waals surface area (Å²) in [6, 6.07) is 0. The van der Waals surface area contributed by atoms with E-state index in [4.69, 9.17) is 4.55 Å². The van der Waals surface area contributed by atoms with Gasteiger partial charge in [0.1, 0.15) is 13.2 Å². The molecule has 1 heterocycles. The molecule has 0 saturated carbocycles. The van der Waals surface area contributed by atoms with Crippen molar-refractivity contribution < 1.29 is 31.4 Å². The number of ether oxygens (including phenoxy) is 2. The van der Waals surface area contributed by atoms with Crippen molar-refractivity contribution in [1.29, 1.82) is 0 Å². The van der Waals surface area contributed by atoms with Gasteiger partial charge in [-0.1, -0.05) is 6.08 Å². The maximum atomic E-state index is 9.80. The molecule has 0 radical (unpaired) electrons. The predicted octanol–water partition coefficient (Wildman–Crippen LogP) is 0.145. The highest BCUT2D eigenvalue weighted by atomic mass is 32.3. The number of hydrogen-bond acceptors (Lipinski definition) is 6. The predicted molar refractivity (Wildman–Crippen MR) is 45.0 cm³/mol. The van der Waals surface area contributed by atoms with Crippen molar-refractivity contribution in [1.82, 2.24) is 0 Å². The lowest BCUT2D eigenvalue weighted by molar-refractivity contribution is 0.131. The SMILES string of the molecule is C=CCOS(=O)(=O)O.O=C1OCCO1. The van der Waals surface area contributed by atoms with E-state index in [0.29, 0.717) is 13.2 Å². The molecule has 0 bridgehead atoms. The largest absolute Gasteiger partial charge is 0.508 e. The molecule has 8 heteroatoms. The molecule has 0 aliphatic carbocycles. The average molecular weight is 226 g/mol. The van der Waals surface area contributed by atoms with Crippen LogP contribution in [0.4, 0.5) is 4.79 Å². The van der Waals surface area contributed by atoms with E-state index in [1.165, 1.54) is 6.08 Å². The van der Waals surface area contributed by atoms with Gasteiger partial charge in [-0.15, -0.1) is 6.58 Å². The van der Waals surface area contributed by atoms with Crippen molar-refractivity contribution >= 4 is 16.6 Å². The van der Waals surface area contributed by atoms with E-state index in [2.05, 4.69) is 20.2 Å². The second kappa shape index (κ2) is 6.35. The molecule has 1 fully saturated rings. The number of hydrogen-bond donors (Lipinski definition) is 1. The molecule has 0 atom stereocenters. The number of rotatable bonds is 3. The van der Waals surface area contributed by atoms with Gasteiger partial charge in [0.15, 0.2) is 0 Å². The summed E-state index contributed by atoms with van der Waals surface area (Å²) in [7, 11) is -4.26. The number of carbonyl (C=O) groups is 1. The molecule has 14 heavy (non-hydrogen) atoms. The number of carbonyl (C=O) groups excluding carboxylic acids is 1. The molecule has 0 spiro atoms. The summed E-state index contributed by atoms with van der Waals surface area (Å²) in [5, 5.41) is 0. The second-order valence-electron chi connectivity index (χ2n) is 1.95. The first-order valence-corrected chi connectivity index (χ1v) is 4.84. The molecule has 1 rings (SSSR count). The molecule has 0 aromatic carbocycles. The van der Waals surface area contributed by atoms with Gasteiger partial charge in [-0.2, -0.15) is 8.42 Å². The van der Waals surface area contributed by atoms with Crippen LogP contribution in [0.3, 0.4) is 0 Å². The molecule has 0 amide bonds. The Morgan fingerprint density at radius 2 is 2.00 bits per heavy atom. The highest BCUT2D eigenvalue weighted by molar-refractivity contribution is 7.80. The minimum atomic E-state index is -4.26. The van der Waals surface area contributed by atoms with Crippen LogP contribution in [0.1, 0.15) is 0 Å². The average Bonchev–Trinajstić information content (AvgIpc) is 2.52. The maximum absolute atomic E-state index is 9.80. The minimum absolute atomic E-state index is 0.196. The summed E-state index contributed by atoms with van der Waals surface area (Å²) in [4.78, 5) is 9.80. The Morgan fingerprint density at radius 1 is 1.50 bits per heavy atom. The summed E-state index contributed by atoms with van der Waals surface area (Å²) < 4.78 is 39.6. The molecule has 82 valence electrons. The maximum Gasteiger partial charge on any atom is 0.508 e. The highest BCUT2D eigenvalue weighted by Crippen LogP contribution is 1.92. The lowest BCUT2D eigenvalue weighted by atomic mass is 10.7. The van der Waals surface area contributed by atoms with E-state index in [1.54, 1.807) is 0 Å². The van der Waals surface area contributed by atoms with Gasteiger partial charge in [-0.3, -0.25) is 4.55 Å². The van der Waals surface area contributed by atoms with E-state index in [9.17, 15) is 13.2 Å². The Bertz CT molecular complexity index is 273. The van der Waals surface area contributed by atoms with E-state index in [0.717, 1.165) is 0 Å².